The molecule has 0 aromatic heterocycles. The van der Waals surface area contributed by atoms with Crippen LogP contribution in [0, 0.1) is 0 Å². The Kier molecular flexibility index (Phi) is 3.59. The third-order valence-corrected chi connectivity index (χ3v) is 3.04. The van der Waals surface area contributed by atoms with Crippen molar-refractivity contribution in [3.8, 4) is 5.75 Å². The van der Waals surface area contributed by atoms with Gasteiger partial charge in [0.2, 0.25) is 0 Å². The minimum absolute atomic E-state index is 0.352. The normalized spacial score (nSPS) is 11.4. The Balaban J connectivity index is 3.38. The molecule has 0 aliphatic heterocycles. The van der Waals surface area contributed by atoms with Gasteiger partial charge in [-0.15, -0.1) is 0 Å². The molecule has 0 unspecified atom stereocenters. The number of hydrogen-bond donors (Lipinski definition) is 1. The Morgan fingerprint density at radius 2 is 1.64 bits per heavy atom. The monoisotopic (exact) mass is 256 g/mol. The van der Waals surface area contributed by atoms with Gasteiger partial charge in [-0.1, -0.05) is 33.8 Å². The molecule has 0 fully saturated rings. The molecule has 0 amide bonds. The maximum Gasteiger partial charge on any atom is 0.133 e. The first kappa shape index (κ1) is 11.6. The van der Waals surface area contributed by atoms with Crippen LogP contribution in [-0.4, -0.2) is 5.11 Å². The molecule has 0 aliphatic rings. The van der Waals surface area contributed by atoms with Crippen LogP contribution in [0.3, 0.4) is 0 Å². The van der Waals surface area contributed by atoms with Crippen LogP contribution in [0.2, 0.25) is 0 Å². The summed E-state index contributed by atoms with van der Waals surface area (Å²) in [4.78, 5) is 0. The van der Waals surface area contributed by atoms with E-state index < -0.39 is 0 Å². The first-order chi connectivity index (χ1) is 6.45. The van der Waals surface area contributed by atoms with Gasteiger partial charge in [-0.2, -0.15) is 0 Å². The lowest BCUT2D eigenvalue weighted by atomic mass is 9.90. The summed E-state index contributed by atoms with van der Waals surface area (Å²) in [5, 5.41) is 9.95. The molecule has 2 heteroatoms. The summed E-state index contributed by atoms with van der Waals surface area (Å²) in [6, 6.07) is 4.00. The van der Waals surface area contributed by atoms with Gasteiger partial charge >= 0.3 is 0 Å². The maximum absolute atomic E-state index is 9.95. The zero-order valence-corrected chi connectivity index (χ0v) is 10.7. The number of phenolic OH excluding ortho intramolecular Hbond substituents is 1. The molecule has 0 saturated heterocycles. The van der Waals surface area contributed by atoms with Crippen LogP contribution >= 0.6 is 15.9 Å². The van der Waals surface area contributed by atoms with Crippen molar-refractivity contribution in [1.29, 1.82) is 0 Å². The van der Waals surface area contributed by atoms with Gasteiger partial charge in [0.05, 0.1) is 4.47 Å². The van der Waals surface area contributed by atoms with Gasteiger partial charge in [-0.25, -0.2) is 0 Å². The van der Waals surface area contributed by atoms with Crippen molar-refractivity contribution in [3.05, 3.63) is 27.7 Å². The summed E-state index contributed by atoms with van der Waals surface area (Å²) in [5.41, 5.74) is 2.30. The van der Waals surface area contributed by atoms with Gasteiger partial charge < -0.3 is 5.11 Å². The third-order valence-electron chi connectivity index (χ3n) is 2.40. The summed E-state index contributed by atoms with van der Waals surface area (Å²) in [6.45, 7) is 8.50. The van der Waals surface area contributed by atoms with E-state index in [0.29, 0.717) is 17.6 Å². The molecule has 1 rings (SSSR count). The standard InChI is InChI=1S/C12H17BrO/c1-7(2)9-5-6-10(13)12(14)11(9)8(3)4/h5-8,14H,1-4H3. The number of benzene rings is 1. The van der Waals surface area contributed by atoms with Crippen molar-refractivity contribution in [1.82, 2.24) is 0 Å². The molecule has 1 aromatic carbocycles. The fourth-order valence-corrected chi connectivity index (χ4v) is 2.05. The molecular weight excluding hydrogens is 240 g/mol. The molecule has 0 radical (unpaired) electrons. The lowest BCUT2D eigenvalue weighted by Crippen LogP contribution is -1.99. The van der Waals surface area contributed by atoms with Crippen molar-refractivity contribution >= 4 is 15.9 Å². The van der Waals surface area contributed by atoms with Crippen LogP contribution in [-0.2, 0) is 0 Å². The maximum atomic E-state index is 9.95. The number of rotatable bonds is 2. The molecule has 0 heterocycles. The van der Waals surface area contributed by atoms with E-state index in [1.54, 1.807) is 0 Å². The van der Waals surface area contributed by atoms with Gasteiger partial charge in [-0.3, -0.25) is 0 Å². The minimum atomic E-state index is 0.352. The van der Waals surface area contributed by atoms with Crippen molar-refractivity contribution in [2.75, 3.05) is 0 Å². The lowest BCUT2D eigenvalue weighted by Gasteiger charge is -2.18. The van der Waals surface area contributed by atoms with Gasteiger partial charge in [0, 0.05) is 5.56 Å². The quantitative estimate of drug-likeness (QED) is 0.832. The Bertz CT molecular complexity index is 329. The van der Waals surface area contributed by atoms with Gasteiger partial charge in [0.15, 0.2) is 0 Å². The average molecular weight is 257 g/mol. The van der Waals surface area contributed by atoms with Gasteiger partial charge in [0.1, 0.15) is 5.75 Å². The molecule has 14 heavy (non-hydrogen) atoms. The highest BCUT2D eigenvalue weighted by Crippen LogP contribution is 2.38. The number of halogens is 1. The number of phenols is 1. The molecule has 1 aromatic rings. The van der Waals surface area contributed by atoms with E-state index in [2.05, 4.69) is 49.7 Å². The molecule has 0 aliphatic carbocycles. The number of hydrogen-bond acceptors (Lipinski definition) is 1. The Hall–Kier alpha value is -0.500. The summed E-state index contributed by atoms with van der Waals surface area (Å²) < 4.78 is 0.783. The number of aromatic hydroxyl groups is 1. The molecular formula is C12H17BrO. The van der Waals surface area contributed by atoms with Crippen LogP contribution in [0.4, 0.5) is 0 Å². The first-order valence-corrected chi connectivity index (χ1v) is 5.75. The summed E-state index contributed by atoms with van der Waals surface area (Å²) in [6.07, 6.45) is 0. The molecule has 1 N–H and O–H groups in total. The predicted molar refractivity (Wildman–Crippen MR) is 64.0 cm³/mol. The molecule has 0 bridgehead atoms. The zero-order chi connectivity index (χ0) is 10.9. The van der Waals surface area contributed by atoms with Gasteiger partial charge in [-0.05, 0) is 39.4 Å². The molecule has 78 valence electrons. The molecule has 0 atom stereocenters. The van der Waals surface area contributed by atoms with Gasteiger partial charge in [0.25, 0.3) is 0 Å². The highest BCUT2D eigenvalue weighted by Gasteiger charge is 2.16. The molecule has 0 saturated carbocycles. The van der Waals surface area contributed by atoms with E-state index in [0.717, 1.165) is 10.0 Å². The summed E-state index contributed by atoms with van der Waals surface area (Å²) in [7, 11) is 0. The summed E-state index contributed by atoms with van der Waals surface area (Å²) >= 11 is 3.35. The topological polar surface area (TPSA) is 20.2 Å². The van der Waals surface area contributed by atoms with Crippen molar-refractivity contribution in [2.24, 2.45) is 0 Å². The van der Waals surface area contributed by atoms with Crippen LogP contribution < -0.4 is 0 Å². The lowest BCUT2D eigenvalue weighted by molar-refractivity contribution is 0.459. The first-order valence-electron chi connectivity index (χ1n) is 4.96. The van der Waals surface area contributed by atoms with E-state index in [1.807, 2.05) is 6.07 Å². The fraction of sp³-hybridized carbons (Fsp3) is 0.500. The summed E-state index contributed by atoms with van der Waals surface area (Å²) in [5.74, 6) is 1.20. The van der Waals surface area contributed by atoms with Crippen LogP contribution in [0.5, 0.6) is 5.75 Å². The molecule has 1 nitrogen and oxygen atoms in total. The smallest absolute Gasteiger partial charge is 0.133 e. The highest BCUT2D eigenvalue weighted by atomic mass is 79.9. The van der Waals surface area contributed by atoms with Crippen LogP contribution in [0.15, 0.2) is 16.6 Å². The Morgan fingerprint density at radius 3 is 2.07 bits per heavy atom. The minimum Gasteiger partial charge on any atom is -0.506 e. The highest BCUT2D eigenvalue weighted by molar-refractivity contribution is 9.10. The van der Waals surface area contributed by atoms with E-state index in [1.165, 1.54) is 5.56 Å². The van der Waals surface area contributed by atoms with E-state index in [-0.39, 0.29) is 0 Å². The van der Waals surface area contributed by atoms with E-state index in [4.69, 9.17) is 0 Å². The van der Waals surface area contributed by atoms with Crippen LogP contribution in [0.25, 0.3) is 0 Å². The largest absolute Gasteiger partial charge is 0.506 e. The van der Waals surface area contributed by atoms with Crippen molar-refractivity contribution in [3.63, 3.8) is 0 Å². The zero-order valence-electron chi connectivity index (χ0n) is 9.13. The Morgan fingerprint density at radius 1 is 1.07 bits per heavy atom. The average Bonchev–Trinajstić information content (AvgIpc) is 2.08. The molecule has 0 spiro atoms. The fourth-order valence-electron chi connectivity index (χ4n) is 1.71. The van der Waals surface area contributed by atoms with Crippen LogP contribution in [0.1, 0.15) is 50.7 Å². The van der Waals surface area contributed by atoms with Crippen molar-refractivity contribution < 1.29 is 5.11 Å². The second-order valence-corrected chi connectivity index (χ2v) is 5.06. The second kappa shape index (κ2) is 4.35. The second-order valence-electron chi connectivity index (χ2n) is 4.21. The predicted octanol–water partition coefficient (Wildman–Crippen LogP) is 4.40. The SMILES string of the molecule is CC(C)c1ccc(Br)c(O)c1C(C)C. The Labute approximate surface area is 94.3 Å². The van der Waals surface area contributed by atoms with E-state index in [9.17, 15) is 5.11 Å². The third kappa shape index (κ3) is 2.11. The van der Waals surface area contributed by atoms with E-state index >= 15 is 0 Å². The van der Waals surface area contributed by atoms with Crippen molar-refractivity contribution in [2.45, 2.75) is 39.5 Å².